The normalized spacial score (nSPS) is 21.8. The number of hydrogen-bond donors (Lipinski definition) is 1. The van der Waals surface area contributed by atoms with E-state index >= 15 is 0 Å². The van der Waals surface area contributed by atoms with Gasteiger partial charge in [0, 0.05) is 18.3 Å². The van der Waals surface area contributed by atoms with Crippen molar-refractivity contribution >= 4 is 29.4 Å². The highest BCUT2D eigenvalue weighted by Gasteiger charge is 2.29. The summed E-state index contributed by atoms with van der Waals surface area (Å²) in [5.41, 5.74) is 0.437. The molecule has 3 heterocycles. The number of hydrogen-bond acceptors (Lipinski definition) is 9. The predicted molar refractivity (Wildman–Crippen MR) is 124 cm³/mol. The van der Waals surface area contributed by atoms with E-state index in [1.165, 1.54) is 12.1 Å². The number of carbonyl (C=O) groups excluding carboxylic acids is 1. The second-order valence-corrected chi connectivity index (χ2v) is 8.18. The molecule has 0 amide bonds. The van der Waals surface area contributed by atoms with Gasteiger partial charge in [0.15, 0.2) is 6.17 Å². The summed E-state index contributed by atoms with van der Waals surface area (Å²) >= 11 is 0. The minimum atomic E-state index is -0.731. The number of nitrogens with zero attached hydrogens (tertiary/aromatic N) is 6. The number of anilines is 1. The number of likely N-dealkylation sites (tertiary alicyclic amines) is 1. The molecule has 2 aromatic rings. The van der Waals surface area contributed by atoms with Crippen molar-refractivity contribution in [3.05, 3.63) is 46.9 Å². The Bertz CT molecular complexity index is 1070. The Kier molecular flexibility index (Phi) is 6.78. The number of benzene rings is 1. The number of aldehydes is 1. The number of nitrogens with one attached hydrogen (secondary N) is 1. The first-order valence-electron chi connectivity index (χ1n) is 11.0. The molecule has 2 aliphatic rings. The number of ether oxygens (including phenoxy) is 1. The van der Waals surface area contributed by atoms with Crippen LogP contribution in [0.15, 0.2) is 46.8 Å². The van der Waals surface area contributed by atoms with E-state index < -0.39 is 17.1 Å². The standard InChI is InChI=1S/C22H27N7O4/c1-3-18-22(33-17-6-4-5-16(11-17)29(31)32)26-21(19(13-30)24-18)25-20-12-28(14-23-20)15-7-9-27(2)10-8-15/h4-6,11-15,19,21,25H,3,7-10H2,1-2H3. The zero-order valence-electron chi connectivity index (χ0n) is 18.6. The van der Waals surface area contributed by atoms with Crippen LogP contribution in [-0.2, 0) is 4.79 Å². The highest BCUT2D eigenvalue weighted by atomic mass is 16.6. The molecule has 11 heteroatoms. The lowest BCUT2D eigenvalue weighted by atomic mass is 10.1. The van der Waals surface area contributed by atoms with Gasteiger partial charge < -0.3 is 24.3 Å². The van der Waals surface area contributed by atoms with E-state index in [1.54, 1.807) is 18.5 Å². The summed E-state index contributed by atoms with van der Waals surface area (Å²) in [5, 5.41) is 14.3. The Balaban J connectivity index is 1.52. The third-order valence-electron chi connectivity index (χ3n) is 5.86. The SMILES string of the molecule is CCC1=NC(C=O)C(Nc2cn(C3CCN(C)CC3)cn2)N=C1Oc1cccc([N+](=O)[O-])c1. The van der Waals surface area contributed by atoms with Crippen LogP contribution in [0.4, 0.5) is 11.5 Å². The Hall–Kier alpha value is -3.60. The molecule has 1 aromatic heterocycles. The molecular weight excluding hydrogens is 426 g/mol. The Morgan fingerprint density at radius 1 is 1.30 bits per heavy atom. The van der Waals surface area contributed by atoms with E-state index in [4.69, 9.17) is 4.74 Å². The molecule has 0 radical (unpaired) electrons. The number of rotatable bonds is 7. The molecule has 11 nitrogen and oxygen atoms in total. The molecule has 1 N–H and O–H groups in total. The van der Waals surface area contributed by atoms with Crippen LogP contribution in [0.3, 0.4) is 0 Å². The summed E-state index contributed by atoms with van der Waals surface area (Å²) in [7, 11) is 2.12. The van der Waals surface area contributed by atoms with Crippen LogP contribution in [-0.4, -0.2) is 69.6 Å². The van der Waals surface area contributed by atoms with Gasteiger partial charge in [-0.15, -0.1) is 0 Å². The third kappa shape index (κ3) is 5.25. The summed E-state index contributed by atoms with van der Waals surface area (Å²) < 4.78 is 7.95. The number of nitro benzene ring substituents is 1. The average molecular weight is 454 g/mol. The van der Waals surface area contributed by atoms with Crippen LogP contribution in [0.5, 0.6) is 5.75 Å². The zero-order chi connectivity index (χ0) is 23.4. The van der Waals surface area contributed by atoms with Crippen LogP contribution in [0, 0.1) is 10.1 Å². The minimum Gasteiger partial charge on any atom is -0.437 e. The van der Waals surface area contributed by atoms with Crippen LogP contribution >= 0.6 is 0 Å². The van der Waals surface area contributed by atoms with Crippen molar-refractivity contribution in [3.8, 4) is 5.75 Å². The molecule has 2 unspecified atom stereocenters. The molecule has 1 saturated heterocycles. The molecule has 0 aliphatic carbocycles. The van der Waals surface area contributed by atoms with E-state index in [2.05, 4.69) is 36.8 Å². The summed E-state index contributed by atoms with van der Waals surface area (Å²) in [6.45, 7) is 3.96. The fourth-order valence-corrected chi connectivity index (χ4v) is 3.96. The van der Waals surface area contributed by atoms with Crippen LogP contribution in [0.25, 0.3) is 0 Å². The van der Waals surface area contributed by atoms with E-state index in [1.807, 2.05) is 13.1 Å². The first kappa shape index (κ1) is 22.6. The fraction of sp³-hybridized carbons (Fsp3) is 0.455. The maximum atomic E-state index is 11.7. The maximum Gasteiger partial charge on any atom is 0.273 e. The van der Waals surface area contributed by atoms with Crippen molar-refractivity contribution in [2.45, 2.75) is 44.4 Å². The van der Waals surface area contributed by atoms with E-state index in [0.717, 1.165) is 32.2 Å². The third-order valence-corrected chi connectivity index (χ3v) is 5.86. The lowest BCUT2D eigenvalue weighted by Crippen LogP contribution is -2.40. The molecule has 0 saturated carbocycles. The molecular formula is C22H27N7O4. The molecule has 2 aliphatic heterocycles. The quantitative estimate of drug-likeness (QED) is 0.388. The van der Waals surface area contributed by atoms with Gasteiger partial charge in [-0.05, 0) is 45.5 Å². The Morgan fingerprint density at radius 3 is 2.79 bits per heavy atom. The molecule has 2 atom stereocenters. The van der Waals surface area contributed by atoms with Crippen LogP contribution < -0.4 is 10.1 Å². The number of nitro groups is 1. The monoisotopic (exact) mass is 453 g/mol. The molecule has 1 aromatic carbocycles. The highest BCUT2D eigenvalue weighted by molar-refractivity contribution is 6.40. The van der Waals surface area contributed by atoms with Gasteiger partial charge in [0.25, 0.3) is 5.69 Å². The van der Waals surface area contributed by atoms with Gasteiger partial charge in [0.2, 0.25) is 5.90 Å². The number of aliphatic imine (C=N–C) groups is 2. The van der Waals surface area contributed by atoms with Crippen molar-refractivity contribution in [2.24, 2.45) is 9.98 Å². The van der Waals surface area contributed by atoms with E-state index in [-0.39, 0.29) is 17.3 Å². The molecule has 0 bridgehead atoms. The maximum absolute atomic E-state index is 11.7. The molecule has 0 spiro atoms. The lowest BCUT2D eigenvalue weighted by Gasteiger charge is -2.29. The fourth-order valence-electron chi connectivity index (χ4n) is 3.96. The Morgan fingerprint density at radius 2 is 2.09 bits per heavy atom. The summed E-state index contributed by atoms with van der Waals surface area (Å²) in [6.07, 6.45) is 6.36. The first-order valence-corrected chi connectivity index (χ1v) is 11.0. The number of imidazole rings is 1. The number of aromatic nitrogens is 2. The van der Waals surface area contributed by atoms with Gasteiger partial charge in [-0.3, -0.25) is 15.1 Å². The predicted octanol–water partition coefficient (Wildman–Crippen LogP) is 2.71. The van der Waals surface area contributed by atoms with Gasteiger partial charge in [0.05, 0.1) is 23.0 Å². The smallest absolute Gasteiger partial charge is 0.273 e. The van der Waals surface area contributed by atoms with Gasteiger partial charge in [-0.2, -0.15) is 0 Å². The highest BCUT2D eigenvalue weighted by Crippen LogP contribution is 2.24. The van der Waals surface area contributed by atoms with Crippen LogP contribution in [0.2, 0.25) is 0 Å². The molecule has 1 fully saturated rings. The zero-order valence-corrected chi connectivity index (χ0v) is 18.6. The second kappa shape index (κ2) is 9.90. The molecule has 174 valence electrons. The topological polar surface area (TPSA) is 127 Å². The van der Waals surface area contributed by atoms with Crippen molar-refractivity contribution in [1.29, 1.82) is 0 Å². The summed E-state index contributed by atoms with van der Waals surface area (Å²) in [5.74, 6) is 1.10. The average Bonchev–Trinajstić information content (AvgIpc) is 3.28. The van der Waals surface area contributed by atoms with Crippen molar-refractivity contribution in [3.63, 3.8) is 0 Å². The first-order chi connectivity index (χ1) is 16.0. The summed E-state index contributed by atoms with van der Waals surface area (Å²) in [6, 6.07) is 5.52. The minimum absolute atomic E-state index is 0.0845. The number of carbonyl (C=O) groups is 1. The molecule has 4 rings (SSSR count). The van der Waals surface area contributed by atoms with E-state index in [0.29, 0.717) is 24.0 Å². The van der Waals surface area contributed by atoms with Gasteiger partial charge in [-0.25, -0.2) is 9.98 Å². The lowest BCUT2D eigenvalue weighted by molar-refractivity contribution is -0.384. The van der Waals surface area contributed by atoms with E-state index in [9.17, 15) is 14.9 Å². The number of non-ortho nitro benzene ring substituents is 1. The van der Waals surface area contributed by atoms with Gasteiger partial charge >= 0.3 is 0 Å². The molecule has 33 heavy (non-hydrogen) atoms. The number of piperidine rings is 1. The second-order valence-electron chi connectivity index (χ2n) is 8.18. The van der Waals surface area contributed by atoms with Crippen LogP contribution in [0.1, 0.15) is 32.2 Å². The Labute approximate surface area is 191 Å². The largest absolute Gasteiger partial charge is 0.437 e. The van der Waals surface area contributed by atoms with Crippen molar-refractivity contribution < 1.29 is 14.5 Å². The van der Waals surface area contributed by atoms with Gasteiger partial charge in [-0.1, -0.05) is 13.0 Å². The van der Waals surface area contributed by atoms with Crippen molar-refractivity contribution in [2.75, 3.05) is 25.5 Å². The van der Waals surface area contributed by atoms with Gasteiger partial charge in [0.1, 0.15) is 23.9 Å². The van der Waals surface area contributed by atoms with Crippen molar-refractivity contribution in [1.82, 2.24) is 14.5 Å². The summed E-state index contributed by atoms with van der Waals surface area (Å²) in [4.78, 5) is 38.1.